The maximum Gasteiger partial charge on any atom is 0.240 e. The summed E-state index contributed by atoms with van der Waals surface area (Å²) in [5, 5.41) is 5.41. The number of carbonyl (C=O) groups excluding carboxylic acids is 2. The minimum atomic E-state index is -0.644. The third-order valence-electron chi connectivity index (χ3n) is 2.33. The molecule has 4 N–H and O–H groups in total. The van der Waals surface area contributed by atoms with Crippen molar-refractivity contribution >= 4 is 24.2 Å². The van der Waals surface area contributed by atoms with E-state index >= 15 is 0 Å². The number of nitrogens with two attached hydrogens (primary N) is 1. The molecule has 1 aliphatic rings. The quantitative estimate of drug-likeness (QED) is 0.638. The van der Waals surface area contributed by atoms with E-state index in [2.05, 4.69) is 10.6 Å². The first kappa shape index (κ1) is 15.2. The predicted octanol–water partition coefficient (Wildman–Crippen LogP) is -0.0696. The first-order valence-corrected chi connectivity index (χ1v) is 5.30. The topological polar surface area (TPSA) is 84.2 Å². The molecule has 0 aromatic carbocycles. The highest BCUT2D eigenvalue weighted by molar-refractivity contribution is 5.89. The van der Waals surface area contributed by atoms with Crippen molar-refractivity contribution in [3.05, 3.63) is 0 Å². The molecule has 0 heterocycles. The zero-order chi connectivity index (χ0) is 11.5. The van der Waals surface area contributed by atoms with Crippen LogP contribution >= 0.6 is 12.4 Å². The summed E-state index contributed by atoms with van der Waals surface area (Å²) in [6.45, 7) is 4.15. The van der Waals surface area contributed by atoms with Crippen LogP contribution in [0.5, 0.6) is 0 Å². The second-order valence-electron chi connectivity index (χ2n) is 4.38. The van der Waals surface area contributed by atoms with Gasteiger partial charge in [-0.25, -0.2) is 0 Å². The van der Waals surface area contributed by atoms with Gasteiger partial charge in [0.25, 0.3) is 0 Å². The van der Waals surface area contributed by atoms with Crippen LogP contribution in [0.1, 0.15) is 33.1 Å². The summed E-state index contributed by atoms with van der Waals surface area (Å²) in [4.78, 5) is 22.6. The lowest BCUT2D eigenvalue weighted by Crippen LogP contribution is -2.44. The minimum absolute atomic E-state index is 0. The number of amides is 2. The van der Waals surface area contributed by atoms with E-state index < -0.39 is 5.54 Å². The molecule has 1 aliphatic carbocycles. The summed E-state index contributed by atoms with van der Waals surface area (Å²) in [6, 6.07) is 0.137. The van der Waals surface area contributed by atoms with Gasteiger partial charge in [0.15, 0.2) is 0 Å². The van der Waals surface area contributed by atoms with Gasteiger partial charge in [0, 0.05) is 19.0 Å². The molecule has 0 aromatic heterocycles. The van der Waals surface area contributed by atoms with Crippen LogP contribution in [0.4, 0.5) is 0 Å². The lowest BCUT2D eigenvalue weighted by molar-refractivity contribution is -0.123. The Morgan fingerprint density at radius 2 is 1.94 bits per heavy atom. The molecule has 1 saturated carbocycles. The summed E-state index contributed by atoms with van der Waals surface area (Å²) in [5.41, 5.74) is 5.03. The first-order chi connectivity index (χ1) is 6.94. The predicted molar refractivity (Wildman–Crippen MR) is 64.3 cm³/mol. The molecule has 16 heavy (non-hydrogen) atoms. The molecule has 5 nitrogen and oxygen atoms in total. The molecule has 0 radical (unpaired) electrons. The molecule has 0 saturated heterocycles. The van der Waals surface area contributed by atoms with Gasteiger partial charge in [-0.2, -0.15) is 0 Å². The highest BCUT2D eigenvalue weighted by Gasteiger charge is 2.45. The van der Waals surface area contributed by atoms with Crippen LogP contribution < -0.4 is 16.4 Å². The average molecular weight is 250 g/mol. The molecule has 0 atom stereocenters. The highest BCUT2D eigenvalue weighted by atomic mass is 35.5. The summed E-state index contributed by atoms with van der Waals surface area (Å²) in [7, 11) is 0. The van der Waals surface area contributed by atoms with Gasteiger partial charge < -0.3 is 16.4 Å². The smallest absolute Gasteiger partial charge is 0.240 e. The van der Waals surface area contributed by atoms with Crippen LogP contribution in [-0.4, -0.2) is 29.9 Å². The van der Waals surface area contributed by atoms with Gasteiger partial charge in [0.2, 0.25) is 11.8 Å². The zero-order valence-corrected chi connectivity index (χ0v) is 10.5. The summed E-state index contributed by atoms with van der Waals surface area (Å²) < 4.78 is 0. The summed E-state index contributed by atoms with van der Waals surface area (Å²) in [6.07, 6.45) is 1.80. The van der Waals surface area contributed by atoms with Crippen LogP contribution in [0.2, 0.25) is 0 Å². The normalized spacial score (nSPS) is 16.2. The van der Waals surface area contributed by atoms with Crippen molar-refractivity contribution in [1.82, 2.24) is 10.6 Å². The third-order valence-corrected chi connectivity index (χ3v) is 2.33. The fraction of sp³-hybridized carbons (Fsp3) is 0.800. The number of halogens is 1. The van der Waals surface area contributed by atoms with Crippen LogP contribution in [0.25, 0.3) is 0 Å². The van der Waals surface area contributed by atoms with E-state index in [1.165, 1.54) is 0 Å². The Bertz CT molecular complexity index is 265. The van der Waals surface area contributed by atoms with Gasteiger partial charge in [-0.3, -0.25) is 9.59 Å². The molecule has 0 aliphatic heterocycles. The number of hydrogen-bond acceptors (Lipinski definition) is 3. The van der Waals surface area contributed by atoms with E-state index in [0.717, 1.165) is 12.8 Å². The Kier molecular flexibility index (Phi) is 5.75. The Labute approximate surface area is 102 Å². The van der Waals surface area contributed by atoms with Crippen LogP contribution in [0.15, 0.2) is 0 Å². The van der Waals surface area contributed by atoms with E-state index in [0.29, 0.717) is 13.0 Å². The van der Waals surface area contributed by atoms with Crippen LogP contribution in [0.3, 0.4) is 0 Å². The fourth-order valence-electron chi connectivity index (χ4n) is 1.22. The van der Waals surface area contributed by atoms with E-state index in [9.17, 15) is 9.59 Å². The molecule has 6 heteroatoms. The van der Waals surface area contributed by atoms with Crippen molar-refractivity contribution < 1.29 is 9.59 Å². The van der Waals surface area contributed by atoms with E-state index in [1.54, 1.807) is 0 Å². The van der Waals surface area contributed by atoms with Crippen molar-refractivity contribution in [2.24, 2.45) is 5.73 Å². The number of hydrogen-bond donors (Lipinski definition) is 3. The highest BCUT2D eigenvalue weighted by Crippen LogP contribution is 2.31. The Morgan fingerprint density at radius 3 is 2.38 bits per heavy atom. The summed E-state index contributed by atoms with van der Waals surface area (Å²) in [5.74, 6) is -0.188. The lowest BCUT2D eigenvalue weighted by atomic mass is 10.2. The molecule has 0 unspecified atom stereocenters. The van der Waals surface area contributed by atoms with E-state index in [1.807, 2.05) is 13.8 Å². The van der Waals surface area contributed by atoms with Crippen LogP contribution in [-0.2, 0) is 9.59 Å². The second kappa shape index (κ2) is 6.06. The van der Waals surface area contributed by atoms with Crippen molar-refractivity contribution in [2.45, 2.75) is 44.7 Å². The van der Waals surface area contributed by atoms with E-state index in [4.69, 9.17) is 5.73 Å². The monoisotopic (exact) mass is 249 g/mol. The maximum atomic E-state index is 11.4. The van der Waals surface area contributed by atoms with Gasteiger partial charge >= 0.3 is 0 Å². The van der Waals surface area contributed by atoms with E-state index in [-0.39, 0.29) is 30.3 Å². The Morgan fingerprint density at radius 1 is 1.38 bits per heavy atom. The minimum Gasteiger partial charge on any atom is -0.354 e. The molecular weight excluding hydrogens is 230 g/mol. The molecule has 1 rings (SSSR count). The first-order valence-electron chi connectivity index (χ1n) is 5.30. The molecule has 1 fully saturated rings. The number of rotatable bonds is 5. The second-order valence-corrected chi connectivity index (χ2v) is 4.38. The molecule has 0 spiro atoms. The van der Waals surface area contributed by atoms with Gasteiger partial charge in [-0.05, 0) is 26.7 Å². The van der Waals surface area contributed by atoms with Gasteiger partial charge in [0.1, 0.15) is 0 Å². The standard InChI is InChI=1S/C10H19N3O2.ClH/c1-7(2)13-8(14)3-6-12-9(15)10(11)4-5-10;/h7H,3-6,11H2,1-2H3,(H,12,15)(H,13,14);1H. The van der Waals surface area contributed by atoms with Crippen molar-refractivity contribution in [1.29, 1.82) is 0 Å². The third kappa shape index (κ3) is 4.81. The van der Waals surface area contributed by atoms with Crippen LogP contribution in [0, 0.1) is 0 Å². The molecular formula is C10H20ClN3O2. The molecule has 0 bridgehead atoms. The Hall–Kier alpha value is -0.810. The fourth-order valence-corrected chi connectivity index (χ4v) is 1.22. The lowest BCUT2D eigenvalue weighted by Gasteiger charge is -2.11. The largest absolute Gasteiger partial charge is 0.354 e. The van der Waals surface area contributed by atoms with Crippen molar-refractivity contribution in [3.8, 4) is 0 Å². The molecule has 94 valence electrons. The van der Waals surface area contributed by atoms with Crippen molar-refractivity contribution in [2.75, 3.05) is 6.54 Å². The molecule has 2 amide bonds. The summed E-state index contributed by atoms with van der Waals surface area (Å²) >= 11 is 0. The maximum absolute atomic E-state index is 11.4. The van der Waals surface area contributed by atoms with Crippen molar-refractivity contribution in [3.63, 3.8) is 0 Å². The van der Waals surface area contributed by atoms with Gasteiger partial charge in [-0.15, -0.1) is 12.4 Å². The SMILES string of the molecule is CC(C)NC(=O)CCNC(=O)C1(N)CC1.Cl. The van der Waals surface area contributed by atoms with Gasteiger partial charge in [0.05, 0.1) is 5.54 Å². The average Bonchev–Trinajstić information content (AvgIpc) is 2.83. The Balaban J connectivity index is 0.00000225. The number of nitrogens with one attached hydrogen (secondary N) is 2. The zero-order valence-electron chi connectivity index (χ0n) is 9.71. The van der Waals surface area contributed by atoms with Gasteiger partial charge in [-0.1, -0.05) is 0 Å². The number of carbonyl (C=O) groups is 2. The molecule has 0 aromatic rings.